The SMILES string of the molecule is COc1cccc(/C=N/NC(=O)c2nnn(-c3nonc3N)c2CN2CCCCC2)c1O. The van der Waals surface area contributed by atoms with E-state index in [1.54, 1.807) is 18.2 Å². The van der Waals surface area contributed by atoms with Crippen LogP contribution in [0.2, 0.25) is 0 Å². The molecular weight excluding hydrogens is 418 g/mol. The number of hydrazone groups is 1. The Bertz CT molecular complexity index is 1120. The molecule has 32 heavy (non-hydrogen) atoms. The van der Waals surface area contributed by atoms with Gasteiger partial charge in [-0.25, -0.2) is 10.1 Å². The second kappa shape index (κ2) is 9.43. The molecule has 0 bridgehead atoms. The van der Waals surface area contributed by atoms with Crippen molar-refractivity contribution in [3.05, 3.63) is 35.2 Å². The number of likely N-dealkylation sites (tertiary alicyclic amines) is 1. The number of rotatable bonds is 7. The maximum absolute atomic E-state index is 12.8. The molecule has 3 aromatic rings. The van der Waals surface area contributed by atoms with Crippen molar-refractivity contribution < 1.29 is 19.3 Å². The summed E-state index contributed by atoms with van der Waals surface area (Å²) in [5, 5.41) is 29.5. The van der Waals surface area contributed by atoms with Gasteiger partial charge in [-0.1, -0.05) is 17.7 Å². The topological polar surface area (TPSA) is 170 Å². The van der Waals surface area contributed by atoms with Gasteiger partial charge in [0.1, 0.15) is 0 Å². The third-order valence-electron chi connectivity index (χ3n) is 5.12. The molecule has 13 nitrogen and oxygen atoms in total. The summed E-state index contributed by atoms with van der Waals surface area (Å²) in [6.07, 6.45) is 4.63. The average Bonchev–Trinajstić information content (AvgIpc) is 3.41. The molecule has 1 aromatic carbocycles. The molecule has 0 saturated carbocycles. The Morgan fingerprint density at radius 2 is 2.16 bits per heavy atom. The van der Waals surface area contributed by atoms with E-state index >= 15 is 0 Å². The zero-order valence-corrected chi connectivity index (χ0v) is 17.4. The number of benzene rings is 1. The van der Waals surface area contributed by atoms with E-state index in [9.17, 15) is 9.90 Å². The van der Waals surface area contributed by atoms with Gasteiger partial charge in [0.05, 0.1) is 19.0 Å². The number of carbonyl (C=O) groups excluding carboxylic acids is 1. The largest absolute Gasteiger partial charge is 0.504 e. The smallest absolute Gasteiger partial charge is 0.293 e. The molecule has 1 saturated heterocycles. The van der Waals surface area contributed by atoms with Gasteiger partial charge in [0.15, 0.2) is 17.2 Å². The molecule has 1 amide bonds. The van der Waals surface area contributed by atoms with Crippen molar-refractivity contribution in [2.45, 2.75) is 25.8 Å². The molecule has 168 valence electrons. The highest BCUT2D eigenvalue weighted by atomic mass is 16.6. The van der Waals surface area contributed by atoms with Crippen molar-refractivity contribution >= 4 is 17.9 Å². The first-order chi connectivity index (χ1) is 15.6. The molecule has 0 radical (unpaired) electrons. The van der Waals surface area contributed by atoms with Crippen molar-refractivity contribution in [1.82, 2.24) is 35.6 Å². The van der Waals surface area contributed by atoms with E-state index in [2.05, 4.69) is 40.7 Å². The van der Waals surface area contributed by atoms with E-state index in [0.717, 1.165) is 25.9 Å². The van der Waals surface area contributed by atoms with E-state index in [1.807, 2.05) is 0 Å². The molecule has 4 N–H and O–H groups in total. The van der Waals surface area contributed by atoms with E-state index < -0.39 is 5.91 Å². The van der Waals surface area contributed by atoms with Gasteiger partial charge in [-0.3, -0.25) is 9.69 Å². The Hall–Kier alpha value is -4.00. The number of nitrogens with zero attached hydrogens (tertiary/aromatic N) is 7. The van der Waals surface area contributed by atoms with Crippen LogP contribution < -0.4 is 15.9 Å². The molecule has 0 spiro atoms. The molecule has 1 aliphatic rings. The fraction of sp³-hybridized carbons (Fsp3) is 0.368. The summed E-state index contributed by atoms with van der Waals surface area (Å²) in [5.74, 6) is -0.164. The number of phenols is 1. The van der Waals surface area contributed by atoms with Crippen LogP contribution in [0.4, 0.5) is 5.82 Å². The standard InChI is InChI=1S/C19H23N9O4/c1-31-14-7-5-6-12(16(14)29)10-21-23-19(30)15-13(11-27-8-3-2-4-9-27)28(26-22-15)18-17(20)24-32-25-18/h5-7,10,29H,2-4,8-9,11H2,1H3,(H2,20,24)(H,23,30)/b21-10+. The molecule has 4 rings (SSSR count). The minimum absolute atomic E-state index is 0.0354. The lowest BCUT2D eigenvalue weighted by Crippen LogP contribution is -2.31. The molecule has 0 aliphatic carbocycles. The van der Waals surface area contributed by atoms with Crippen LogP contribution in [0.5, 0.6) is 11.5 Å². The quantitative estimate of drug-likeness (QED) is 0.350. The van der Waals surface area contributed by atoms with E-state index in [-0.39, 0.29) is 23.1 Å². The monoisotopic (exact) mass is 441 g/mol. The van der Waals surface area contributed by atoms with Crippen LogP contribution in [0, 0.1) is 0 Å². The fourth-order valence-electron chi connectivity index (χ4n) is 3.48. The van der Waals surface area contributed by atoms with Crippen LogP contribution in [-0.2, 0) is 6.54 Å². The van der Waals surface area contributed by atoms with Crippen LogP contribution in [0.25, 0.3) is 5.82 Å². The Kier molecular flexibility index (Phi) is 6.26. The lowest BCUT2D eigenvalue weighted by Gasteiger charge is -2.26. The van der Waals surface area contributed by atoms with Crippen LogP contribution in [0.1, 0.15) is 41.0 Å². The van der Waals surface area contributed by atoms with Crippen LogP contribution in [0.15, 0.2) is 27.9 Å². The number of nitrogen functional groups attached to an aromatic ring is 1. The predicted molar refractivity (Wildman–Crippen MR) is 112 cm³/mol. The highest BCUT2D eigenvalue weighted by molar-refractivity contribution is 5.94. The number of phenolic OH excluding ortho intramolecular Hbond substituents is 1. The minimum Gasteiger partial charge on any atom is -0.504 e. The van der Waals surface area contributed by atoms with E-state index in [0.29, 0.717) is 23.6 Å². The van der Waals surface area contributed by atoms with Crippen molar-refractivity contribution in [3.63, 3.8) is 0 Å². The summed E-state index contributed by atoms with van der Waals surface area (Å²) >= 11 is 0. The first-order valence-electron chi connectivity index (χ1n) is 10.0. The average molecular weight is 441 g/mol. The molecule has 0 unspecified atom stereocenters. The van der Waals surface area contributed by atoms with Gasteiger partial charge in [-0.15, -0.1) is 5.10 Å². The Balaban J connectivity index is 1.57. The summed E-state index contributed by atoms with van der Waals surface area (Å²) in [6, 6.07) is 4.94. The summed E-state index contributed by atoms with van der Waals surface area (Å²) < 4.78 is 11.1. The Morgan fingerprint density at radius 3 is 2.88 bits per heavy atom. The van der Waals surface area contributed by atoms with Gasteiger partial charge in [-0.05, 0) is 48.4 Å². The van der Waals surface area contributed by atoms with Gasteiger partial charge in [0, 0.05) is 12.1 Å². The minimum atomic E-state index is -0.572. The number of carbonyl (C=O) groups is 1. The molecular formula is C19H23N9O4. The molecule has 2 aromatic heterocycles. The maximum atomic E-state index is 12.8. The number of hydrogen-bond donors (Lipinski definition) is 3. The fourth-order valence-corrected chi connectivity index (χ4v) is 3.48. The number of anilines is 1. The van der Waals surface area contributed by atoms with Gasteiger partial charge in [-0.2, -0.15) is 9.78 Å². The second-order valence-electron chi connectivity index (χ2n) is 7.20. The van der Waals surface area contributed by atoms with Gasteiger partial charge < -0.3 is 15.6 Å². The number of nitrogens with one attached hydrogen (secondary N) is 1. The third kappa shape index (κ3) is 4.37. The number of nitrogens with two attached hydrogens (primary N) is 1. The highest BCUT2D eigenvalue weighted by Gasteiger charge is 2.26. The first kappa shape index (κ1) is 21.2. The number of aromatic nitrogens is 5. The van der Waals surface area contributed by atoms with E-state index in [1.165, 1.54) is 24.4 Å². The first-order valence-corrected chi connectivity index (χ1v) is 10.0. The predicted octanol–water partition coefficient (Wildman–Crippen LogP) is 0.696. The lowest BCUT2D eigenvalue weighted by atomic mass is 10.1. The summed E-state index contributed by atoms with van der Waals surface area (Å²) in [6.45, 7) is 2.21. The number of hydrogen-bond acceptors (Lipinski definition) is 11. The zero-order chi connectivity index (χ0) is 22.5. The number of piperidine rings is 1. The zero-order valence-electron chi connectivity index (χ0n) is 17.4. The second-order valence-corrected chi connectivity index (χ2v) is 7.20. The highest BCUT2D eigenvalue weighted by Crippen LogP contribution is 2.28. The van der Waals surface area contributed by atoms with Gasteiger partial charge in [0.25, 0.3) is 5.91 Å². The normalized spacial score (nSPS) is 14.7. The van der Waals surface area contributed by atoms with Crippen LogP contribution in [0.3, 0.4) is 0 Å². The van der Waals surface area contributed by atoms with Gasteiger partial charge >= 0.3 is 0 Å². The Labute approximate surface area is 182 Å². The maximum Gasteiger partial charge on any atom is 0.293 e. The number of aromatic hydroxyl groups is 1. The number of ether oxygens (including phenoxy) is 1. The Morgan fingerprint density at radius 1 is 1.34 bits per heavy atom. The van der Waals surface area contributed by atoms with Crippen LogP contribution in [-0.4, -0.2) is 67.6 Å². The lowest BCUT2D eigenvalue weighted by molar-refractivity contribution is 0.0947. The molecule has 13 heteroatoms. The summed E-state index contributed by atoms with van der Waals surface area (Å²) in [4.78, 5) is 15.0. The molecule has 1 fully saturated rings. The molecule has 1 aliphatic heterocycles. The van der Waals surface area contributed by atoms with Crippen LogP contribution >= 0.6 is 0 Å². The van der Waals surface area contributed by atoms with Crippen molar-refractivity contribution in [2.24, 2.45) is 5.10 Å². The summed E-state index contributed by atoms with van der Waals surface area (Å²) in [5.41, 5.74) is 9.18. The van der Waals surface area contributed by atoms with Gasteiger partial charge in [0.2, 0.25) is 11.6 Å². The van der Waals surface area contributed by atoms with E-state index in [4.69, 9.17) is 10.5 Å². The third-order valence-corrected chi connectivity index (χ3v) is 5.12. The van der Waals surface area contributed by atoms with Crippen molar-refractivity contribution in [3.8, 4) is 17.3 Å². The molecule has 3 heterocycles. The van der Waals surface area contributed by atoms with Crippen molar-refractivity contribution in [2.75, 3.05) is 25.9 Å². The number of para-hydroxylation sites is 1. The number of amides is 1. The molecule has 0 atom stereocenters. The summed E-state index contributed by atoms with van der Waals surface area (Å²) in [7, 11) is 1.45. The number of methoxy groups -OCH3 is 1. The van der Waals surface area contributed by atoms with Crippen molar-refractivity contribution in [1.29, 1.82) is 0 Å².